The van der Waals surface area contributed by atoms with Crippen LogP contribution in [0.15, 0.2) is 67.0 Å². The number of hydrogen-bond acceptors (Lipinski definition) is 5. The van der Waals surface area contributed by atoms with E-state index in [0.717, 1.165) is 10.9 Å². The van der Waals surface area contributed by atoms with E-state index in [9.17, 15) is 4.79 Å². The number of nitrogens with zero attached hydrogens (tertiary/aromatic N) is 2. The Labute approximate surface area is 166 Å². The van der Waals surface area contributed by atoms with Gasteiger partial charge in [-0.1, -0.05) is 6.07 Å². The topological polar surface area (TPSA) is 74.6 Å². The summed E-state index contributed by atoms with van der Waals surface area (Å²) in [6.45, 7) is 0.190. The number of carbonyl (C=O) groups is 1. The van der Waals surface area contributed by atoms with Crippen molar-refractivity contribution in [1.29, 1.82) is 0 Å². The summed E-state index contributed by atoms with van der Waals surface area (Å²) in [5.74, 6) is 1.87. The summed E-state index contributed by atoms with van der Waals surface area (Å²) >= 11 is 0. The molecule has 7 heteroatoms. The highest BCUT2D eigenvalue weighted by molar-refractivity contribution is 6.06. The van der Waals surface area contributed by atoms with Crippen LogP contribution in [-0.2, 0) is 7.05 Å². The van der Waals surface area contributed by atoms with E-state index in [1.165, 1.54) is 0 Å². The van der Waals surface area contributed by atoms with Gasteiger partial charge >= 0.3 is 0 Å². The maximum atomic E-state index is 12.8. The first-order chi connectivity index (χ1) is 14.2. The third-order valence-corrected chi connectivity index (χ3v) is 4.73. The van der Waals surface area contributed by atoms with Crippen LogP contribution in [0.3, 0.4) is 0 Å². The van der Waals surface area contributed by atoms with Crippen molar-refractivity contribution < 1.29 is 19.0 Å². The summed E-state index contributed by atoms with van der Waals surface area (Å²) in [6.07, 6.45) is 3.57. The molecule has 0 atom stereocenters. The van der Waals surface area contributed by atoms with E-state index in [1.807, 2.05) is 36.0 Å². The number of ether oxygens (including phenoxy) is 3. The minimum atomic E-state index is -0.239. The zero-order valence-corrected chi connectivity index (χ0v) is 15.6. The number of aromatic nitrogens is 2. The van der Waals surface area contributed by atoms with Crippen LogP contribution in [0.5, 0.6) is 23.1 Å². The fourth-order valence-electron chi connectivity index (χ4n) is 3.22. The van der Waals surface area contributed by atoms with E-state index < -0.39 is 0 Å². The van der Waals surface area contributed by atoms with Crippen molar-refractivity contribution in [3.63, 3.8) is 0 Å². The number of carbonyl (C=O) groups excluding carboxylic acids is 1. The molecule has 1 N–H and O–H groups in total. The summed E-state index contributed by atoms with van der Waals surface area (Å²) < 4.78 is 18.5. The second kappa shape index (κ2) is 6.87. The first kappa shape index (κ1) is 17.1. The summed E-state index contributed by atoms with van der Waals surface area (Å²) in [7, 11) is 1.95. The molecule has 0 spiro atoms. The summed E-state index contributed by atoms with van der Waals surface area (Å²) in [5.41, 5.74) is 2.01. The van der Waals surface area contributed by atoms with Gasteiger partial charge in [-0.05, 0) is 47.9 Å². The summed E-state index contributed by atoms with van der Waals surface area (Å²) in [6, 6.07) is 16.3. The Bertz CT molecular complexity index is 1230. The molecule has 1 aliphatic rings. The molecule has 2 aromatic heterocycles. The summed E-state index contributed by atoms with van der Waals surface area (Å²) in [4.78, 5) is 17.1. The number of amides is 1. The first-order valence-electron chi connectivity index (χ1n) is 9.06. The Kier molecular flexibility index (Phi) is 4.05. The van der Waals surface area contributed by atoms with Crippen LogP contribution in [-0.4, -0.2) is 22.3 Å². The minimum Gasteiger partial charge on any atom is -0.454 e. The lowest BCUT2D eigenvalue weighted by Gasteiger charge is -2.11. The maximum absolute atomic E-state index is 12.8. The van der Waals surface area contributed by atoms with Crippen LogP contribution in [0.4, 0.5) is 5.69 Å². The Hall–Kier alpha value is -4.00. The van der Waals surface area contributed by atoms with Crippen LogP contribution in [0, 0.1) is 0 Å². The number of benzene rings is 2. The average Bonchev–Trinajstić information content (AvgIpc) is 3.35. The van der Waals surface area contributed by atoms with Crippen LogP contribution in [0.2, 0.25) is 0 Å². The van der Waals surface area contributed by atoms with Crippen molar-refractivity contribution in [3.05, 3.63) is 72.6 Å². The zero-order chi connectivity index (χ0) is 19.8. The summed E-state index contributed by atoms with van der Waals surface area (Å²) in [5, 5.41) is 3.96. The van der Waals surface area contributed by atoms with Crippen molar-refractivity contribution in [2.75, 3.05) is 12.1 Å². The fourth-order valence-corrected chi connectivity index (χ4v) is 3.22. The standard InChI is InChI=1S/C22H17N3O4/c1-25-10-8-14-4-5-15(11-18(14)25)21(26)24-17-3-2-9-23-22(17)29-16-6-7-19-20(12-16)28-13-27-19/h2-12H,13H2,1H3,(H,24,26). The Morgan fingerprint density at radius 1 is 1.10 bits per heavy atom. The molecule has 3 heterocycles. The van der Waals surface area contributed by atoms with Gasteiger partial charge in [0.25, 0.3) is 5.91 Å². The molecule has 0 bridgehead atoms. The third-order valence-electron chi connectivity index (χ3n) is 4.73. The van der Waals surface area contributed by atoms with E-state index in [0.29, 0.717) is 34.4 Å². The molecule has 0 fully saturated rings. The van der Waals surface area contributed by atoms with Gasteiger partial charge in [0.2, 0.25) is 12.7 Å². The van der Waals surface area contributed by atoms with Crippen LogP contribution in [0.1, 0.15) is 10.4 Å². The second-order valence-electron chi connectivity index (χ2n) is 6.63. The molecule has 144 valence electrons. The molecule has 0 radical (unpaired) electrons. The normalized spacial score (nSPS) is 12.2. The van der Waals surface area contributed by atoms with Crippen molar-refractivity contribution in [2.24, 2.45) is 7.05 Å². The van der Waals surface area contributed by atoms with Crippen molar-refractivity contribution in [2.45, 2.75) is 0 Å². The van der Waals surface area contributed by atoms with E-state index in [1.54, 1.807) is 42.6 Å². The Balaban J connectivity index is 1.40. The van der Waals surface area contributed by atoms with Gasteiger partial charge in [-0.3, -0.25) is 4.79 Å². The number of rotatable bonds is 4. The van der Waals surface area contributed by atoms with Crippen molar-refractivity contribution in [3.8, 4) is 23.1 Å². The molecule has 0 aliphatic carbocycles. The third kappa shape index (κ3) is 3.23. The first-order valence-corrected chi connectivity index (χ1v) is 9.06. The smallest absolute Gasteiger partial charge is 0.255 e. The van der Waals surface area contributed by atoms with Crippen molar-refractivity contribution >= 4 is 22.5 Å². The molecule has 2 aromatic carbocycles. The number of anilines is 1. The predicted molar refractivity (Wildman–Crippen MR) is 108 cm³/mol. The predicted octanol–water partition coefficient (Wildman–Crippen LogP) is 4.35. The number of pyridine rings is 1. The lowest BCUT2D eigenvalue weighted by molar-refractivity contribution is 0.102. The number of fused-ring (bicyclic) bond motifs is 2. The molecule has 0 saturated carbocycles. The second-order valence-corrected chi connectivity index (χ2v) is 6.63. The minimum absolute atomic E-state index is 0.190. The van der Waals surface area contributed by atoms with Gasteiger partial charge < -0.3 is 24.1 Å². The van der Waals surface area contributed by atoms with Crippen LogP contribution < -0.4 is 19.5 Å². The lowest BCUT2D eigenvalue weighted by Crippen LogP contribution is -2.13. The van der Waals surface area contributed by atoms with E-state index >= 15 is 0 Å². The highest BCUT2D eigenvalue weighted by Gasteiger charge is 2.16. The van der Waals surface area contributed by atoms with Gasteiger partial charge in [0.05, 0.1) is 0 Å². The van der Waals surface area contributed by atoms with E-state index in [4.69, 9.17) is 14.2 Å². The monoisotopic (exact) mass is 387 g/mol. The molecule has 7 nitrogen and oxygen atoms in total. The number of nitrogens with one attached hydrogen (secondary N) is 1. The highest BCUT2D eigenvalue weighted by atomic mass is 16.7. The zero-order valence-electron chi connectivity index (χ0n) is 15.6. The van der Waals surface area contributed by atoms with E-state index in [-0.39, 0.29) is 12.7 Å². The van der Waals surface area contributed by atoms with Gasteiger partial charge in [0.15, 0.2) is 11.5 Å². The Morgan fingerprint density at radius 2 is 2.00 bits per heavy atom. The van der Waals surface area contributed by atoms with Gasteiger partial charge in [-0.2, -0.15) is 0 Å². The molecular formula is C22H17N3O4. The molecule has 4 aromatic rings. The fraction of sp³-hybridized carbons (Fsp3) is 0.0909. The average molecular weight is 387 g/mol. The van der Waals surface area contributed by atoms with Crippen molar-refractivity contribution in [1.82, 2.24) is 9.55 Å². The lowest BCUT2D eigenvalue weighted by atomic mass is 10.1. The largest absolute Gasteiger partial charge is 0.454 e. The highest BCUT2D eigenvalue weighted by Crippen LogP contribution is 2.37. The molecule has 1 aliphatic heterocycles. The molecular weight excluding hydrogens is 370 g/mol. The van der Waals surface area contributed by atoms with Gasteiger partial charge in [-0.15, -0.1) is 0 Å². The molecule has 0 saturated heterocycles. The molecule has 1 amide bonds. The molecule has 0 unspecified atom stereocenters. The van der Waals surface area contributed by atoms with Gasteiger partial charge in [0, 0.05) is 36.6 Å². The van der Waals surface area contributed by atoms with Gasteiger partial charge in [-0.25, -0.2) is 4.98 Å². The molecule has 5 rings (SSSR count). The van der Waals surface area contributed by atoms with Crippen LogP contribution >= 0.6 is 0 Å². The Morgan fingerprint density at radius 3 is 2.93 bits per heavy atom. The van der Waals surface area contributed by atoms with E-state index in [2.05, 4.69) is 10.3 Å². The van der Waals surface area contributed by atoms with Gasteiger partial charge in [0.1, 0.15) is 11.4 Å². The SMILES string of the molecule is Cn1ccc2ccc(C(=O)Nc3cccnc3Oc3ccc4c(c3)OCO4)cc21. The molecule has 29 heavy (non-hydrogen) atoms. The quantitative estimate of drug-likeness (QED) is 0.564. The maximum Gasteiger partial charge on any atom is 0.255 e. The van der Waals surface area contributed by atoms with Crippen LogP contribution in [0.25, 0.3) is 10.9 Å². The number of hydrogen-bond donors (Lipinski definition) is 1. The number of aryl methyl sites for hydroxylation is 1.